The molecule has 0 unspecified atom stereocenters. The first-order chi connectivity index (χ1) is 13.2. The summed E-state index contributed by atoms with van der Waals surface area (Å²) in [6.07, 6.45) is 3.51. The van der Waals surface area contributed by atoms with E-state index in [9.17, 15) is 4.39 Å². The number of anilines is 2. The minimum atomic E-state index is -1.11. The van der Waals surface area contributed by atoms with Crippen molar-refractivity contribution in [3.05, 3.63) is 17.5 Å². The Hall–Kier alpha value is -2.46. The minimum absolute atomic E-state index is 0.0774. The van der Waals surface area contributed by atoms with Gasteiger partial charge in [0.1, 0.15) is 11.9 Å². The first-order valence-electron chi connectivity index (χ1n) is 8.79. The first-order valence-corrected chi connectivity index (χ1v) is 9.16. The van der Waals surface area contributed by atoms with Crippen LogP contribution in [0.25, 0.3) is 11.0 Å². The quantitative estimate of drug-likeness (QED) is 0.679. The molecule has 5 heterocycles. The highest BCUT2D eigenvalue weighted by Crippen LogP contribution is 2.32. The lowest BCUT2D eigenvalue weighted by Gasteiger charge is -2.26. The lowest BCUT2D eigenvalue weighted by atomic mass is 10.1. The van der Waals surface area contributed by atoms with E-state index in [1.54, 1.807) is 21.8 Å². The summed E-state index contributed by atoms with van der Waals surface area (Å²) in [6, 6.07) is -0.381. The van der Waals surface area contributed by atoms with Crippen LogP contribution in [0, 0.1) is 0 Å². The molecule has 0 spiro atoms. The summed E-state index contributed by atoms with van der Waals surface area (Å²) in [7, 11) is 0. The number of aryl methyl sites for hydroxylation is 1. The van der Waals surface area contributed by atoms with Crippen LogP contribution >= 0.6 is 11.6 Å². The fourth-order valence-corrected chi connectivity index (χ4v) is 3.59. The normalized spacial score (nSPS) is 22.7. The number of hydrogen-bond donors (Lipinski definition) is 1. The Labute approximate surface area is 158 Å². The molecule has 0 amide bonds. The van der Waals surface area contributed by atoms with E-state index in [1.165, 1.54) is 0 Å². The van der Waals surface area contributed by atoms with Crippen LogP contribution in [-0.2, 0) is 11.3 Å². The SMILES string of the molecule is F[C@H]1COCC[C@@H]1n1cc2c(n1)OCCCn1nc(Cl)c3cnc(nc31)N2. The van der Waals surface area contributed by atoms with E-state index in [-0.39, 0.29) is 12.6 Å². The van der Waals surface area contributed by atoms with Crippen LogP contribution in [0.3, 0.4) is 0 Å². The molecule has 2 bridgehead atoms. The summed E-state index contributed by atoms with van der Waals surface area (Å²) in [5.41, 5.74) is 1.24. The third kappa shape index (κ3) is 2.98. The molecule has 3 aromatic heterocycles. The van der Waals surface area contributed by atoms with Gasteiger partial charge in [-0.1, -0.05) is 11.6 Å². The molecule has 0 saturated carbocycles. The van der Waals surface area contributed by atoms with E-state index in [0.29, 0.717) is 66.3 Å². The number of halogens is 2. The van der Waals surface area contributed by atoms with E-state index in [4.69, 9.17) is 21.1 Å². The van der Waals surface area contributed by atoms with Gasteiger partial charge in [-0.05, 0) is 6.42 Å². The van der Waals surface area contributed by atoms with Crippen molar-refractivity contribution in [1.29, 1.82) is 0 Å². The average molecular weight is 394 g/mol. The monoisotopic (exact) mass is 393 g/mol. The van der Waals surface area contributed by atoms with Gasteiger partial charge in [-0.3, -0.25) is 4.68 Å². The number of fused-ring (bicyclic) bond motifs is 2. The number of aromatic nitrogens is 6. The van der Waals surface area contributed by atoms with Crippen LogP contribution in [0.1, 0.15) is 18.9 Å². The summed E-state index contributed by atoms with van der Waals surface area (Å²) in [5, 5.41) is 12.9. The Morgan fingerprint density at radius 3 is 3.11 bits per heavy atom. The van der Waals surface area contributed by atoms with E-state index in [1.807, 2.05) is 0 Å². The first kappa shape index (κ1) is 16.7. The van der Waals surface area contributed by atoms with Crippen molar-refractivity contribution in [2.45, 2.75) is 31.6 Å². The van der Waals surface area contributed by atoms with Gasteiger partial charge in [0.2, 0.25) is 5.95 Å². The molecule has 0 aliphatic carbocycles. The number of nitrogens with zero attached hydrogens (tertiary/aromatic N) is 6. The smallest absolute Gasteiger partial charge is 0.256 e. The Bertz CT molecular complexity index is 991. The van der Waals surface area contributed by atoms with Gasteiger partial charge in [0.25, 0.3) is 5.88 Å². The van der Waals surface area contributed by atoms with Crippen molar-refractivity contribution < 1.29 is 13.9 Å². The second-order valence-electron chi connectivity index (χ2n) is 6.55. The summed E-state index contributed by atoms with van der Waals surface area (Å²) >= 11 is 6.16. The zero-order valence-electron chi connectivity index (χ0n) is 14.3. The lowest BCUT2D eigenvalue weighted by molar-refractivity contribution is -0.000436. The second-order valence-corrected chi connectivity index (χ2v) is 6.90. The van der Waals surface area contributed by atoms with Crippen LogP contribution < -0.4 is 10.1 Å². The van der Waals surface area contributed by atoms with Crippen LogP contribution in [-0.4, -0.2) is 55.5 Å². The summed E-state index contributed by atoms with van der Waals surface area (Å²) in [6.45, 7) is 1.62. The third-order valence-electron chi connectivity index (χ3n) is 4.73. The Morgan fingerprint density at radius 2 is 2.22 bits per heavy atom. The third-order valence-corrected chi connectivity index (χ3v) is 5.01. The van der Waals surface area contributed by atoms with Crippen LogP contribution in [0.2, 0.25) is 5.15 Å². The topological polar surface area (TPSA) is 91.9 Å². The Kier molecular flexibility index (Phi) is 4.09. The van der Waals surface area contributed by atoms with Crippen molar-refractivity contribution in [1.82, 2.24) is 29.5 Å². The molecule has 0 aromatic carbocycles. The molecule has 5 rings (SSSR count). The van der Waals surface area contributed by atoms with Gasteiger partial charge >= 0.3 is 0 Å². The molecular formula is C16H17ClFN7O2. The number of hydrogen-bond acceptors (Lipinski definition) is 7. The maximum Gasteiger partial charge on any atom is 0.256 e. The Balaban J connectivity index is 1.53. The molecule has 11 heteroatoms. The molecule has 2 aliphatic rings. The molecule has 3 aromatic rings. The number of rotatable bonds is 1. The van der Waals surface area contributed by atoms with E-state index < -0.39 is 6.17 Å². The highest BCUT2D eigenvalue weighted by atomic mass is 35.5. The zero-order chi connectivity index (χ0) is 18.4. The van der Waals surface area contributed by atoms with E-state index in [0.717, 1.165) is 0 Å². The van der Waals surface area contributed by atoms with E-state index >= 15 is 0 Å². The summed E-state index contributed by atoms with van der Waals surface area (Å²) in [4.78, 5) is 8.82. The highest BCUT2D eigenvalue weighted by molar-refractivity contribution is 6.34. The van der Waals surface area contributed by atoms with Crippen molar-refractivity contribution in [2.24, 2.45) is 0 Å². The highest BCUT2D eigenvalue weighted by Gasteiger charge is 2.29. The van der Waals surface area contributed by atoms with Gasteiger partial charge in [-0.25, -0.2) is 14.1 Å². The Morgan fingerprint density at radius 1 is 1.30 bits per heavy atom. The standard InChI is InChI=1S/C16H17ClFN7O2/c17-13-9-6-19-16-20-11-7-25(12-2-5-26-8-10(12)18)23-15(11)27-4-1-3-24(22-13)14(9)21-16/h6-7,10,12H,1-5,8H2,(H,19,20,21)/t10-,12-/m0/s1. The molecule has 0 radical (unpaired) electrons. The second kappa shape index (κ2) is 6.61. The summed E-state index contributed by atoms with van der Waals surface area (Å²) < 4.78 is 28.6. The van der Waals surface area contributed by atoms with Crippen molar-refractivity contribution in [3.63, 3.8) is 0 Å². The van der Waals surface area contributed by atoms with Crippen molar-refractivity contribution in [3.8, 4) is 5.88 Å². The molecular weight excluding hydrogens is 377 g/mol. The zero-order valence-corrected chi connectivity index (χ0v) is 15.1. The fraction of sp³-hybridized carbons (Fsp3) is 0.500. The molecule has 9 nitrogen and oxygen atoms in total. The van der Waals surface area contributed by atoms with Gasteiger partial charge in [0.05, 0.1) is 30.8 Å². The lowest BCUT2D eigenvalue weighted by Crippen LogP contribution is -2.31. The average Bonchev–Trinajstić information content (AvgIpc) is 3.19. The van der Waals surface area contributed by atoms with Gasteiger partial charge < -0.3 is 14.8 Å². The number of nitrogens with one attached hydrogen (secondary N) is 1. The molecule has 1 saturated heterocycles. The van der Waals surface area contributed by atoms with Crippen molar-refractivity contribution >= 4 is 34.3 Å². The predicted octanol–water partition coefficient (Wildman–Crippen LogP) is 2.50. The molecule has 142 valence electrons. The van der Waals surface area contributed by atoms with Gasteiger partial charge in [0.15, 0.2) is 10.8 Å². The van der Waals surface area contributed by atoms with Crippen LogP contribution in [0.15, 0.2) is 12.4 Å². The van der Waals surface area contributed by atoms with E-state index in [2.05, 4.69) is 25.5 Å². The minimum Gasteiger partial charge on any atom is -0.475 e. The maximum absolute atomic E-state index is 14.2. The molecule has 1 N–H and O–H groups in total. The van der Waals surface area contributed by atoms with Gasteiger partial charge in [-0.2, -0.15) is 10.1 Å². The number of alkyl halides is 1. The molecule has 1 fully saturated rings. The molecule has 2 atom stereocenters. The largest absolute Gasteiger partial charge is 0.475 e. The fourth-order valence-electron chi connectivity index (χ4n) is 3.37. The number of ether oxygens (including phenoxy) is 2. The van der Waals surface area contributed by atoms with Gasteiger partial charge in [-0.15, -0.1) is 5.10 Å². The van der Waals surface area contributed by atoms with Crippen LogP contribution in [0.4, 0.5) is 16.0 Å². The predicted molar refractivity (Wildman–Crippen MR) is 95.3 cm³/mol. The maximum atomic E-state index is 14.2. The van der Waals surface area contributed by atoms with Crippen LogP contribution in [0.5, 0.6) is 5.88 Å². The summed E-state index contributed by atoms with van der Waals surface area (Å²) in [5.74, 6) is 0.769. The van der Waals surface area contributed by atoms with Crippen molar-refractivity contribution in [2.75, 3.05) is 25.1 Å². The molecule has 2 aliphatic heterocycles. The van der Waals surface area contributed by atoms with Gasteiger partial charge in [0, 0.05) is 25.8 Å². The molecule has 27 heavy (non-hydrogen) atoms.